The number of rotatable bonds is 4. The van der Waals surface area contributed by atoms with Gasteiger partial charge in [-0.2, -0.15) is 0 Å². The minimum Gasteiger partial charge on any atom is -0.388 e. The molecule has 1 aromatic rings. The molecular formula is C13H21NO2S. The van der Waals surface area contributed by atoms with Crippen LogP contribution in [0.5, 0.6) is 0 Å². The molecule has 0 spiro atoms. The van der Waals surface area contributed by atoms with Crippen LogP contribution in [0.4, 0.5) is 0 Å². The van der Waals surface area contributed by atoms with E-state index >= 15 is 0 Å². The zero-order chi connectivity index (χ0) is 12.3. The van der Waals surface area contributed by atoms with Crippen molar-refractivity contribution in [2.45, 2.75) is 38.5 Å². The normalized spacial score (nSPS) is 24.1. The van der Waals surface area contributed by atoms with Gasteiger partial charge in [-0.15, -0.1) is 11.3 Å². The van der Waals surface area contributed by atoms with Crippen LogP contribution in [0.25, 0.3) is 0 Å². The SMILES string of the molecule is CC(C)N1CCOCC1CC(O)c1cccs1. The molecule has 4 heteroatoms. The molecule has 3 nitrogen and oxygen atoms in total. The van der Waals surface area contributed by atoms with Gasteiger partial charge in [0.05, 0.1) is 19.3 Å². The van der Waals surface area contributed by atoms with Crippen molar-refractivity contribution >= 4 is 11.3 Å². The number of hydrogen-bond donors (Lipinski definition) is 1. The van der Waals surface area contributed by atoms with E-state index in [1.165, 1.54) is 0 Å². The third-order valence-electron chi connectivity index (χ3n) is 3.30. The van der Waals surface area contributed by atoms with E-state index < -0.39 is 0 Å². The summed E-state index contributed by atoms with van der Waals surface area (Å²) in [4.78, 5) is 3.49. The molecule has 1 aliphatic rings. The van der Waals surface area contributed by atoms with Crippen LogP contribution in [-0.4, -0.2) is 41.8 Å². The highest BCUT2D eigenvalue weighted by Crippen LogP contribution is 2.26. The fourth-order valence-electron chi connectivity index (χ4n) is 2.41. The highest BCUT2D eigenvalue weighted by atomic mass is 32.1. The Kier molecular flexibility index (Phi) is 4.56. The monoisotopic (exact) mass is 255 g/mol. The van der Waals surface area contributed by atoms with Crippen molar-refractivity contribution in [1.82, 2.24) is 4.90 Å². The lowest BCUT2D eigenvalue weighted by atomic mass is 10.0. The van der Waals surface area contributed by atoms with Crippen molar-refractivity contribution in [3.8, 4) is 0 Å². The van der Waals surface area contributed by atoms with E-state index in [1.54, 1.807) is 11.3 Å². The summed E-state index contributed by atoms with van der Waals surface area (Å²) in [6.45, 7) is 6.93. The van der Waals surface area contributed by atoms with Crippen LogP contribution in [0.15, 0.2) is 17.5 Å². The third kappa shape index (κ3) is 3.28. The molecule has 1 aromatic heterocycles. The van der Waals surface area contributed by atoms with Gasteiger partial charge in [0.1, 0.15) is 0 Å². The summed E-state index contributed by atoms with van der Waals surface area (Å²) in [5, 5.41) is 12.2. The first kappa shape index (κ1) is 13.0. The minimum absolute atomic E-state index is 0.334. The Morgan fingerprint density at radius 3 is 3.06 bits per heavy atom. The molecule has 1 saturated heterocycles. The van der Waals surface area contributed by atoms with Gasteiger partial charge in [-0.25, -0.2) is 0 Å². The van der Waals surface area contributed by atoms with E-state index in [9.17, 15) is 5.11 Å². The van der Waals surface area contributed by atoms with Crippen molar-refractivity contribution in [3.05, 3.63) is 22.4 Å². The molecule has 0 saturated carbocycles. The van der Waals surface area contributed by atoms with Gasteiger partial charge in [0.2, 0.25) is 0 Å². The number of ether oxygens (including phenoxy) is 1. The topological polar surface area (TPSA) is 32.7 Å². The Hall–Kier alpha value is -0.420. The van der Waals surface area contributed by atoms with Crippen LogP contribution in [0.1, 0.15) is 31.2 Å². The molecule has 2 rings (SSSR count). The summed E-state index contributed by atoms with van der Waals surface area (Å²) in [7, 11) is 0. The fourth-order valence-corrected chi connectivity index (χ4v) is 3.13. The Morgan fingerprint density at radius 1 is 1.59 bits per heavy atom. The molecule has 0 amide bonds. The van der Waals surface area contributed by atoms with Gasteiger partial charge in [-0.1, -0.05) is 6.07 Å². The second kappa shape index (κ2) is 5.96. The molecule has 2 unspecified atom stereocenters. The average molecular weight is 255 g/mol. The van der Waals surface area contributed by atoms with Gasteiger partial charge < -0.3 is 9.84 Å². The summed E-state index contributed by atoms with van der Waals surface area (Å²) in [5.41, 5.74) is 0. The van der Waals surface area contributed by atoms with E-state index in [1.807, 2.05) is 17.5 Å². The molecule has 2 atom stereocenters. The smallest absolute Gasteiger partial charge is 0.0897 e. The lowest BCUT2D eigenvalue weighted by Crippen LogP contribution is -2.49. The number of hydrogen-bond acceptors (Lipinski definition) is 4. The Labute approximate surface area is 107 Å². The van der Waals surface area contributed by atoms with E-state index in [-0.39, 0.29) is 6.10 Å². The van der Waals surface area contributed by atoms with Crippen LogP contribution in [0, 0.1) is 0 Å². The average Bonchev–Trinajstić information content (AvgIpc) is 2.83. The molecule has 1 fully saturated rings. The van der Waals surface area contributed by atoms with Crippen molar-refractivity contribution < 1.29 is 9.84 Å². The van der Waals surface area contributed by atoms with Gasteiger partial charge in [0.15, 0.2) is 0 Å². The van der Waals surface area contributed by atoms with Gasteiger partial charge in [-0.05, 0) is 31.7 Å². The van der Waals surface area contributed by atoms with Crippen LogP contribution in [-0.2, 0) is 4.74 Å². The van der Waals surface area contributed by atoms with Crippen LogP contribution >= 0.6 is 11.3 Å². The van der Waals surface area contributed by atoms with E-state index in [0.29, 0.717) is 12.1 Å². The first-order valence-corrected chi connectivity index (χ1v) is 7.11. The first-order valence-electron chi connectivity index (χ1n) is 6.23. The van der Waals surface area contributed by atoms with Crippen LogP contribution in [0.2, 0.25) is 0 Å². The van der Waals surface area contributed by atoms with Crippen molar-refractivity contribution in [2.24, 2.45) is 0 Å². The lowest BCUT2D eigenvalue weighted by Gasteiger charge is -2.39. The predicted octanol–water partition coefficient (Wildman–Crippen LogP) is 2.28. The highest BCUT2D eigenvalue weighted by Gasteiger charge is 2.27. The first-order chi connectivity index (χ1) is 8.18. The maximum absolute atomic E-state index is 10.2. The summed E-state index contributed by atoms with van der Waals surface area (Å²) in [6.07, 6.45) is 0.404. The molecule has 0 aliphatic carbocycles. The van der Waals surface area contributed by atoms with Crippen molar-refractivity contribution in [2.75, 3.05) is 19.8 Å². The van der Waals surface area contributed by atoms with Crippen LogP contribution < -0.4 is 0 Å². The predicted molar refractivity (Wildman–Crippen MR) is 70.3 cm³/mol. The molecular weight excluding hydrogens is 234 g/mol. The van der Waals surface area contributed by atoms with Crippen LogP contribution in [0.3, 0.4) is 0 Å². The van der Waals surface area contributed by atoms with E-state index in [0.717, 1.165) is 31.1 Å². The molecule has 0 aromatic carbocycles. The zero-order valence-electron chi connectivity index (χ0n) is 10.5. The number of aliphatic hydroxyl groups is 1. The minimum atomic E-state index is -0.358. The second-order valence-corrected chi connectivity index (χ2v) is 5.81. The molecule has 2 heterocycles. The third-order valence-corrected chi connectivity index (χ3v) is 4.28. The maximum atomic E-state index is 10.2. The van der Waals surface area contributed by atoms with Gasteiger partial charge in [0.25, 0.3) is 0 Å². The zero-order valence-corrected chi connectivity index (χ0v) is 11.3. The standard InChI is InChI=1S/C13H21NO2S/c1-10(2)14-5-6-16-9-11(14)8-12(15)13-4-3-7-17-13/h3-4,7,10-12,15H,5-6,8-9H2,1-2H3. The Balaban J connectivity index is 1.96. The van der Waals surface area contributed by atoms with Gasteiger partial charge in [0, 0.05) is 23.5 Å². The molecule has 0 bridgehead atoms. The number of nitrogens with zero attached hydrogens (tertiary/aromatic N) is 1. The fraction of sp³-hybridized carbons (Fsp3) is 0.692. The summed E-state index contributed by atoms with van der Waals surface area (Å²) in [5.74, 6) is 0. The molecule has 17 heavy (non-hydrogen) atoms. The largest absolute Gasteiger partial charge is 0.388 e. The molecule has 0 radical (unpaired) electrons. The van der Waals surface area contributed by atoms with Crippen molar-refractivity contribution in [3.63, 3.8) is 0 Å². The molecule has 96 valence electrons. The second-order valence-electron chi connectivity index (χ2n) is 4.83. The van der Waals surface area contributed by atoms with Crippen molar-refractivity contribution in [1.29, 1.82) is 0 Å². The quantitative estimate of drug-likeness (QED) is 0.896. The van der Waals surface area contributed by atoms with E-state index in [4.69, 9.17) is 4.74 Å². The molecule has 1 aliphatic heterocycles. The summed E-state index contributed by atoms with van der Waals surface area (Å²) >= 11 is 1.62. The maximum Gasteiger partial charge on any atom is 0.0897 e. The Bertz CT molecular complexity index is 326. The number of aliphatic hydroxyl groups excluding tert-OH is 1. The molecule has 1 N–H and O–H groups in total. The number of morpholine rings is 1. The lowest BCUT2D eigenvalue weighted by molar-refractivity contribution is -0.0390. The van der Waals surface area contributed by atoms with E-state index in [2.05, 4.69) is 18.7 Å². The summed E-state index contributed by atoms with van der Waals surface area (Å²) < 4.78 is 5.53. The Morgan fingerprint density at radius 2 is 2.41 bits per heavy atom. The highest BCUT2D eigenvalue weighted by molar-refractivity contribution is 7.10. The summed E-state index contributed by atoms with van der Waals surface area (Å²) in [6, 6.07) is 4.83. The van der Waals surface area contributed by atoms with Gasteiger partial charge >= 0.3 is 0 Å². The number of thiophene rings is 1. The van der Waals surface area contributed by atoms with Gasteiger partial charge in [-0.3, -0.25) is 4.90 Å².